The highest BCUT2D eigenvalue weighted by molar-refractivity contribution is 6.03. The SMILES string of the molecule is Cc1cc(Nc2nc(N=C3C=CC4OC(=O)C5=CC=CCC5=C4C3)nc3ccccc23)n[nH]1. The summed E-state index contributed by atoms with van der Waals surface area (Å²) < 4.78 is 5.61. The van der Waals surface area contributed by atoms with Gasteiger partial charge in [-0.3, -0.25) is 5.10 Å². The molecule has 0 amide bonds. The van der Waals surface area contributed by atoms with E-state index in [4.69, 9.17) is 9.73 Å². The van der Waals surface area contributed by atoms with Gasteiger partial charge in [-0.2, -0.15) is 10.1 Å². The third-order valence-electron chi connectivity index (χ3n) is 5.85. The van der Waals surface area contributed by atoms with Crippen LogP contribution in [0.1, 0.15) is 18.5 Å². The smallest absolute Gasteiger partial charge is 0.339 e. The molecule has 0 spiro atoms. The van der Waals surface area contributed by atoms with Crippen molar-refractivity contribution < 1.29 is 9.53 Å². The minimum atomic E-state index is -0.340. The second kappa shape index (κ2) is 7.67. The molecule has 6 rings (SSSR count). The summed E-state index contributed by atoms with van der Waals surface area (Å²) in [5.74, 6) is 1.41. The average molecular weight is 436 g/mol. The lowest BCUT2D eigenvalue weighted by Crippen LogP contribution is -2.31. The van der Waals surface area contributed by atoms with E-state index in [-0.39, 0.29) is 12.1 Å². The molecular formula is C25H20N6O2. The molecular weight excluding hydrogens is 416 g/mol. The van der Waals surface area contributed by atoms with E-state index >= 15 is 0 Å². The van der Waals surface area contributed by atoms with Crippen molar-refractivity contribution in [2.24, 2.45) is 4.99 Å². The number of esters is 1. The van der Waals surface area contributed by atoms with E-state index in [0.717, 1.165) is 39.9 Å². The van der Waals surface area contributed by atoms with E-state index in [9.17, 15) is 4.79 Å². The molecule has 3 aliphatic rings. The van der Waals surface area contributed by atoms with Gasteiger partial charge in [0.25, 0.3) is 5.95 Å². The Kier molecular flexibility index (Phi) is 4.50. The van der Waals surface area contributed by atoms with Crippen molar-refractivity contribution in [3.8, 4) is 0 Å². The van der Waals surface area contributed by atoms with Crippen molar-refractivity contribution in [3.63, 3.8) is 0 Å². The monoisotopic (exact) mass is 436 g/mol. The molecule has 33 heavy (non-hydrogen) atoms. The van der Waals surface area contributed by atoms with Crippen LogP contribution in [0.3, 0.4) is 0 Å². The van der Waals surface area contributed by atoms with E-state index in [0.29, 0.717) is 29.6 Å². The van der Waals surface area contributed by atoms with E-state index in [1.165, 1.54) is 0 Å². The molecule has 8 nitrogen and oxygen atoms in total. The molecule has 162 valence electrons. The van der Waals surface area contributed by atoms with E-state index in [1.54, 1.807) is 0 Å². The highest BCUT2D eigenvalue weighted by Crippen LogP contribution is 2.36. The van der Waals surface area contributed by atoms with Gasteiger partial charge in [0.05, 0.1) is 11.1 Å². The summed E-state index contributed by atoms with van der Waals surface area (Å²) in [5, 5.41) is 11.3. The summed E-state index contributed by atoms with van der Waals surface area (Å²) in [6.07, 6.45) is 10.5. The van der Waals surface area contributed by atoms with Crippen LogP contribution in [0, 0.1) is 6.92 Å². The molecule has 2 N–H and O–H groups in total. The number of nitrogens with zero attached hydrogens (tertiary/aromatic N) is 4. The predicted molar refractivity (Wildman–Crippen MR) is 126 cm³/mol. The summed E-state index contributed by atoms with van der Waals surface area (Å²) in [7, 11) is 0. The second-order valence-corrected chi connectivity index (χ2v) is 8.13. The van der Waals surface area contributed by atoms with Crippen LogP contribution < -0.4 is 5.32 Å². The molecule has 0 radical (unpaired) electrons. The first kappa shape index (κ1) is 19.4. The van der Waals surface area contributed by atoms with Crippen LogP contribution in [0.4, 0.5) is 17.6 Å². The molecule has 2 aliphatic carbocycles. The van der Waals surface area contributed by atoms with E-state index < -0.39 is 0 Å². The number of carbonyl (C=O) groups excluding carboxylic acids is 1. The Hall–Kier alpha value is -4.33. The molecule has 3 aromatic rings. The summed E-state index contributed by atoms with van der Waals surface area (Å²) in [6.45, 7) is 1.94. The van der Waals surface area contributed by atoms with Gasteiger partial charge in [-0.05, 0) is 54.9 Å². The maximum atomic E-state index is 12.3. The zero-order valence-electron chi connectivity index (χ0n) is 17.9. The Morgan fingerprint density at radius 2 is 2.15 bits per heavy atom. The van der Waals surface area contributed by atoms with Crippen molar-refractivity contribution in [2.75, 3.05) is 5.32 Å². The fourth-order valence-electron chi connectivity index (χ4n) is 4.31. The fraction of sp³-hybridized carbons (Fsp3) is 0.160. The fourth-order valence-corrected chi connectivity index (χ4v) is 4.31. The highest BCUT2D eigenvalue weighted by atomic mass is 16.5. The van der Waals surface area contributed by atoms with E-state index in [2.05, 4.69) is 31.6 Å². The van der Waals surface area contributed by atoms with Crippen LogP contribution in [0.15, 0.2) is 82.4 Å². The number of rotatable bonds is 3. The third kappa shape index (κ3) is 3.55. The van der Waals surface area contributed by atoms with Gasteiger partial charge in [-0.1, -0.05) is 24.3 Å². The first-order chi connectivity index (χ1) is 16.1. The van der Waals surface area contributed by atoms with Gasteiger partial charge in [0.1, 0.15) is 11.9 Å². The maximum absolute atomic E-state index is 12.3. The number of carbonyl (C=O) groups is 1. The zero-order chi connectivity index (χ0) is 22.4. The number of H-pyrrole nitrogens is 1. The molecule has 0 bridgehead atoms. The van der Waals surface area contributed by atoms with Crippen LogP contribution in [0.25, 0.3) is 10.9 Å². The Balaban J connectivity index is 1.39. The van der Waals surface area contributed by atoms with Crippen molar-refractivity contribution in [2.45, 2.75) is 25.9 Å². The standard InChI is InChI=1S/C25H20N6O2/c1-14-12-22(31-30-14)28-23-18-8-4-5-9-20(18)27-25(29-23)26-15-10-11-21-19(13-15)16-6-2-3-7-17(16)24(32)33-21/h2-5,7-12,21H,6,13H2,1H3,(H2,27,28,29,30,31). The number of allylic oxidation sites excluding steroid dienone is 4. The molecule has 0 fully saturated rings. The third-order valence-corrected chi connectivity index (χ3v) is 5.85. The van der Waals surface area contributed by atoms with Gasteiger partial charge in [0, 0.05) is 29.3 Å². The molecule has 0 saturated heterocycles. The van der Waals surface area contributed by atoms with Gasteiger partial charge in [0.2, 0.25) is 0 Å². The topological polar surface area (TPSA) is 105 Å². The number of aryl methyl sites for hydroxylation is 1. The number of fused-ring (bicyclic) bond motifs is 3. The largest absolute Gasteiger partial charge is 0.450 e. The van der Waals surface area contributed by atoms with Crippen LogP contribution in [0.2, 0.25) is 0 Å². The number of aromatic amines is 1. The van der Waals surface area contributed by atoms with Gasteiger partial charge in [0.15, 0.2) is 5.82 Å². The van der Waals surface area contributed by atoms with Gasteiger partial charge in [-0.25, -0.2) is 14.8 Å². The summed E-state index contributed by atoms with van der Waals surface area (Å²) in [4.78, 5) is 26.4. The zero-order valence-corrected chi connectivity index (χ0v) is 17.9. The number of aliphatic imine (C=N–C) groups is 1. The van der Waals surface area contributed by atoms with Crippen molar-refractivity contribution in [1.82, 2.24) is 20.2 Å². The molecule has 1 atom stereocenters. The lowest BCUT2D eigenvalue weighted by Gasteiger charge is -2.31. The molecule has 1 unspecified atom stereocenters. The number of hydrogen-bond donors (Lipinski definition) is 2. The van der Waals surface area contributed by atoms with Crippen molar-refractivity contribution >= 4 is 40.2 Å². The second-order valence-electron chi connectivity index (χ2n) is 8.13. The molecule has 3 heterocycles. The Morgan fingerprint density at radius 3 is 3.03 bits per heavy atom. The Labute approximate surface area is 189 Å². The Bertz CT molecular complexity index is 1460. The molecule has 8 heteroatoms. The summed E-state index contributed by atoms with van der Waals surface area (Å²) in [6, 6.07) is 9.70. The minimum Gasteiger partial charge on any atom is -0.450 e. The van der Waals surface area contributed by atoms with Gasteiger partial charge >= 0.3 is 5.97 Å². The van der Waals surface area contributed by atoms with Crippen LogP contribution >= 0.6 is 0 Å². The first-order valence-corrected chi connectivity index (χ1v) is 10.8. The van der Waals surface area contributed by atoms with Crippen LogP contribution in [-0.4, -0.2) is 38.0 Å². The van der Waals surface area contributed by atoms with Gasteiger partial charge in [-0.15, -0.1) is 0 Å². The van der Waals surface area contributed by atoms with E-state index in [1.807, 2.05) is 61.6 Å². The highest BCUT2D eigenvalue weighted by Gasteiger charge is 2.34. The van der Waals surface area contributed by atoms with Crippen molar-refractivity contribution in [3.05, 3.63) is 83.1 Å². The number of para-hydroxylation sites is 1. The predicted octanol–water partition coefficient (Wildman–Crippen LogP) is 4.55. The number of ether oxygens (including phenoxy) is 1. The van der Waals surface area contributed by atoms with Crippen molar-refractivity contribution in [1.29, 1.82) is 0 Å². The number of nitrogens with one attached hydrogen (secondary N) is 2. The van der Waals surface area contributed by atoms with Crippen LogP contribution in [-0.2, 0) is 9.53 Å². The van der Waals surface area contributed by atoms with Gasteiger partial charge < -0.3 is 10.1 Å². The summed E-state index contributed by atoms with van der Waals surface area (Å²) in [5.41, 5.74) is 5.30. The molecule has 0 saturated carbocycles. The lowest BCUT2D eigenvalue weighted by atomic mass is 9.83. The number of anilines is 2. The maximum Gasteiger partial charge on any atom is 0.339 e. The quantitative estimate of drug-likeness (QED) is 0.584. The molecule has 2 aromatic heterocycles. The number of benzene rings is 1. The normalized spacial score (nSPS) is 20.5. The van der Waals surface area contributed by atoms with Crippen LogP contribution in [0.5, 0.6) is 0 Å². The summed E-state index contributed by atoms with van der Waals surface area (Å²) >= 11 is 0. The molecule has 1 aromatic carbocycles. The average Bonchev–Trinajstić information content (AvgIpc) is 3.24. The Morgan fingerprint density at radius 1 is 1.24 bits per heavy atom. The number of aromatic nitrogens is 4. The number of hydrogen-bond acceptors (Lipinski definition) is 7. The molecule has 1 aliphatic heterocycles. The first-order valence-electron chi connectivity index (χ1n) is 10.8. The lowest BCUT2D eigenvalue weighted by molar-refractivity contribution is -0.141. The minimum absolute atomic E-state index is 0.268.